The first-order chi connectivity index (χ1) is 16.6. The highest BCUT2D eigenvalue weighted by atomic mass is 19.4. The van der Waals surface area contributed by atoms with Crippen molar-refractivity contribution in [2.24, 2.45) is 0 Å². The van der Waals surface area contributed by atoms with Crippen molar-refractivity contribution in [1.82, 2.24) is 4.98 Å². The molecule has 1 aliphatic rings. The number of ketones is 1. The molecule has 3 aromatic rings. The number of carbonyl (C=O) groups is 2. The number of amides is 1. The first kappa shape index (κ1) is 23.7. The molecule has 0 bridgehead atoms. The Morgan fingerprint density at radius 1 is 1.06 bits per heavy atom. The molecule has 1 fully saturated rings. The van der Waals surface area contributed by atoms with Crippen LogP contribution in [-0.2, 0) is 9.59 Å². The van der Waals surface area contributed by atoms with Gasteiger partial charge in [0.25, 0.3) is 11.7 Å². The summed E-state index contributed by atoms with van der Waals surface area (Å²) in [6, 6.07) is 11.0. The van der Waals surface area contributed by atoms with E-state index in [0.29, 0.717) is 0 Å². The third-order valence-electron chi connectivity index (χ3n) is 5.18. The Hall–Kier alpha value is -4.41. The van der Waals surface area contributed by atoms with E-state index in [0.717, 1.165) is 41.3 Å². The quantitative estimate of drug-likeness (QED) is 0.241. The van der Waals surface area contributed by atoms with Crippen molar-refractivity contribution in [3.05, 3.63) is 89.5 Å². The van der Waals surface area contributed by atoms with Crippen LogP contribution in [0.3, 0.4) is 0 Å². The Balaban J connectivity index is 1.88. The lowest BCUT2D eigenvalue weighted by Gasteiger charge is -2.25. The normalized spacial score (nSPS) is 17.5. The Morgan fingerprint density at radius 3 is 2.37 bits per heavy atom. The highest BCUT2D eigenvalue weighted by Crippen LogP contribution is 2.43. The number of benzene rings is 2. The van der Waals surface area contributed by atoms with Crippen LogP contribution in [0.2, 0.25) is 0 Å². The number of Topliss-reactive ketones (excluding diaryl/α,β-unsaturated/α-hetero) is 1. The lowest BCUT2D eigenvalue weighted by Crippen LogP contribution is -2.29. The summed E-state index contributed by atoms with van der Waals surface area (Å²) in [5.74, 6) is -4.08. The first-order valence-electron chi connectivity index (χ1n) is 10.0. The second-order valence-corrected chi connectivity index (χ2v) is 7.31. The molecule has 2 aromatic carbocycles. The number of methoxy groups -OCH3 is 1. The van der Waals surface area contributed by atoms with Crippen LogP contribution in [0.1, 0.15) is 17.3 Å². The van der Waals surface area contributed by atoms with Gasteiger partial charge in [-0.05, 0) is 54.6 Å². The van der Waals surface area contributed by atoms with Crippen molar-refractivity contribution in [3.63, 3.8) is 0 Å². The van der Waals surface area contributed by atoms with Crippen LogP contribution in [0, 0.1) is 5.82 Å². The standard InChI is InChI=1S/C24H16F4N2O5/c1-34-18-10-5-13(25)12-16(18)21(31)19-20(17-4-2-3-11-29-17)30(23(33)22(19)32)14-6-8-15(9-7-14)35-24(26,27)28/h2-12,20,31H,1H3/b21-19+. The van der Waals surface area contributed by atoms with Gasteiger partial charge in [-0.1, -0.05) is 6.07 Å². The minimum atomic E-state index is -4.91. The van der Waals surface area contributed by atoms with Crippen LogP contribution in [0.4, 0.5) is 23.2 Å². The SMILES string of the molecule is COc1ccc(F)cc1/C(O)=C1\C(=O)C(=O)N(c2ccc(OC(F)(F)F)cc2)C1c1ccccn1. The molecule has 0 radical (unpaired) electrons. The summed E-state index contributed by atoms with van der Waals surface area (Å²) in [4.78, 5) is 31.3. The van der Waals surface area contributed by atoms with Gasteiger partial charge in [0.1, 0.15) is 29.1 Å². The van der Waals surface area contributed by atoms with Crippen molar-refractivity contribution in [3.8, 4) is 11.5 Å². The predicted molar refractivity (Wildman–Crippen MR) is 115 cm³/mol. The molecule has 1 aliphatic heterocycles. The maximum atomic E-state index is 14.0. The fourth-order valence-corrected chi connectivity index (χ4v) is 3.74. The number of hydrogen-bond donors (Lipinski definition) is 1. The zero-order valence-electron chi connectivity index (χ0n) is 17.9. The number of aliphatic hydroxyl groups excluding tert-OH is 1. The van der Waals surface area contributed by atoms with E-state index < -0.39 is 47.0 Å². The molecule has 1 aromatic heterocycles. The summed E-state index contributed by atoms with van der Waals surface area (Å²) in [5, 5.41) is 11.1. The third-order valence-corrected chi connectivity index (χ3v) is 5.18. The van der Waals surface area contributed by atoms with Crippen LogP contribution in [0.25, 0.3) is 5.76 Å². The van der Waals surface area contributed by atoms with E-state index in [2.05, 4.69) is 9.72 Å². The molecule has 1 unspecified atom stereocenters. The molecule has 0 spiro atoms. The van der Waals surface area contributed by atoms with Gasteiger partial charge in [0.15, 0.2) is 0 Å². The zero-order valence-corrected chi connectivity index (χ0v) is 17.9. The summed E-state index contributed by atoms with van der Waals surface area (Å²) >= 11 is 0. The van der Waals surface area contributed by atoms with E-state index in [4.69, 9.17) is 4.74 Å². The average molecular weight is 488 g/mol. The number of aliphatic hydroxyl groups is 1. The number of pyridine rings is 1. The van der Waals surface area contributed by atoms with E-state index in [9.17, 15) is 32.3 Å². The third kappa shape index (κ3) is 4.65. The maximum Gasteiger partial charge on any atom is 0.573 e. The number of aromatic nitrogens is 1. The Bertz CT molecular complexity index is 1310. The smallest absolute Gasteiger partial charge is 0.507 e. The van der Waals surface area contributed by atoms with Crippen LogP contribution >= 0.6 is 0 Å². The number of alkyl halides is 3. The highest BCUT2D eigenvalue weighted by Gasteiger charge is 2.48. The summed E-state index contributed by atoms with van der Waals surface area (Å²) in [6.45, 7) is 0. The minimum absolute atomic E-state index is 0.0440. The van der Waals surface area contributed by atoms with Gasteiger partial charge in [-0.2, -0.15) is 0 Å². The van der Waals surface area contributed by atoms with Gasteiger partial charge >= 0.3 is 6.36 Å². The van der Waals surface area contributed by atoms with Gasteiger partial charge in [0.05, 0.1) is 23.9 Å². The molecule has 0 aliphatic carbocycles. The van der Waals surface area contributed by atoms with Gasteiger partial charge in [-0.15, -0.1) is 13.2 Å². The van der Waals surface area contributed by atoms with Crippen LogP contribution in [-0.4, -0.2) is 35.3 Å². The maximum absolute atomic E-state index is 14.0. The molecule has 1 saturated heterocycles. The molecule has 1 amide bonds. The average Bonchev–Trinajstić information content (AvgIpc) is 3.09. The lowest BCUT2D eigenvalue weighted by molar-refractivity contribution is -0.274. The topological polar surface area (TPSA) is 89.0 Å². The van der Waals surface area contributed by atoms with E-state index in [1.807, 2.05) is 0 Å². The zero-order chi connectivity index (χ0) is 25.3. The Kier molecular flexibility index (Phi) is 6.16. The Morgan fingerprint density at radius 2 is 1.77 bits per heavy atom. The number of rotatable bonds is 5. The predicted octanol–water partition coefficient (Wildman–Crippen LogP) is 4.75. The van der Waals surface area contributed by atoms with Gasteiger partial charge in [0.2, 0.25) is 0 Å². The van der Waals surface area contributed by atoms with E-state index in [1.165, 1.54) is 25.4 Å². The number of hydrogen-bond acceptors (Lipinski definition) is 6. The highest BCUT2D eigenvalue weighted by molar-refractivity contribution is 6.51. The van der Waals surface area contributed by atoms with E-state index in [-0.39, 0.29) is 22.7 Å². The number of carbonyl (C=O) groups excluding carboxylic acids is 2. The van der Waals surface area contributed by atoms with Crippen molar-refractivity contribution in [1.29, 1.82) is 0 Å². The largest absolute Gasteiger partial charge is 0.573 e. The van der Waals surface area contributed by atoms with E-state index >= 15 is 0 Å². The summed E-state index contributed by atoms with van der Waals surface area (Å²) in [5.41, 5.74) is -0.338. The van der Waals surface area contributed by atoms with Gasteiger partial charge in [0, 0.05) is 11.9 Å². The molecule has 4 rings (SSSR count). The monoisotopic (exact) mass is 488 g/mol. The van der Waals surface area contributed by atoms with Crippen LogP contribution < -0.4 is 14.4 Å². The van der Waals surface area contributed by atoms with Gasteiger partial charge in [-0.3, -0.25) is 19.5 Å². The number of anilines is 1. The van der Waals surface area contributed by atoms with Crippen molar-refractivity contribution >= 4 is 23.1 Å². The molecule has 1 N–H and O–H groups in total. The number of halogens is 4. The molecule has 7 nitrogen and oxygen atoms in total. The molecule has 35 heavy (non-hydrogen) atoms. The minimum Gasteiger partial charge on any atom is -0.507 e. The van der Waals surface area contributed by atoms with Crippen molar-refractivity contribution in [2.75, 3.05) is 12.0 Å². The molecule has 11 heteroatoms. The first-order valence-corrected chi connectivity index (χ1v) is 10.0. The Labute approximate surface area is 195 Å². The molecule has 2 heterocycles. The molecular formula is C24H16F4N2O5. The molecule has 0 saturated carbocycles. The lowest BCUT2D eigenvalue weighted by atomic mass is 9.97. The second-order valence-electron chi connectivity index (χ2n) is 7.31. The summed E-state index contributed by atoms with van der Waals surface area (Å²) < 4.78 is 60.5. The van der Waals surface area contributed by atoms with E-state index in [1.54, 1.807) is 12.1 Å². The van der Waals surface area contributed by atoms with Crippen LogP contribution in [0.15, 0.2) is 72.4 Å². The fraction of sp³-hybridized carbons (Fsp3) is 0.125. The fourth-order valence-electron chi connectivity index (χ4n) is 3.74. The number of nitrogens with zero attached hydrogens (tertiary/aromatic N) is 2. The molecular weight excluding hydrogens is 472 g/mol. The molecule has 1 atom stereocenters. The summed E-state index contributed by atoms with van der Waals surface area (Å²) in [7, 11) is 1.28. The van der Waals surface area contributed by atoms with Crippen LogP contribution in [0.5, 0.6) is 11.5 Å². The van der Waals surface area contributed by atoms with Crippen molar-refractivity contribution < 1.29 is 41.7 Å². The van der Waals surface area contributed by atoms with Gasteiger partial charge < -0.3 is 14.6 Å². The van der Waals surface area contributed by atoms with Crippen molar-refractivity contribution in [2.45, 2.75) is 12.4 Å². The van der Waals surface area contributed by atoms with Gasteiger partial charge in [-0.25, -0.2) is 4.39 Å². The molecule has 180 valence electrons. The second kappa shape index (κ2) is 9.09. The number of ether oxygens (including phenoxy) is 2. The summed E-state index contributed by atoms with van der Waals surface area (Å²) in [6.07, 6.45) is -3.51.